The number of nitrogens with one attached hydrogen (secondary N) is 1. The quantitative estimate of drug-likeness (QED) is 0.622. The van der Waals surface area contributed by atoms with E-state index in [0.717, 1.165) is 18.4 Å². The number of aliphatic hydroxyl groups excluding tert-OH is 1. The Morgan fingerprint density at radius 1 is 1.31 bits per heavy atom. The van der Waals surface area contributed by atoms with Crippen molar-refractivity contribution in [1.82, 2.24) is 5.32 Å². The summed E-state index contributed by atoms with van der Waals surface area (Å²) in [5.41, 5.74) is 0.763. The zero-order valence-corrected chi connectivity index (χ0v) is 9.22. The highest BCUT2D eigenvalue weighted by Crippen LogP contribution is 2.30. The van der Waals surface area contributed by atoms with E-state index in [4.69, 9.17) is 0 Å². The minimum Gasteiger partial charge on any atom is -0.508 e. The van der Waals surface area contributed by atoms with Crippen molar-refractivity contribution in [3.63, 3.8) is 0 Å². The topological polar surface area (TPSA) is 72.7 Å². The zero-order valence-electron chi connectivity index (χ0n) is 9.22. The van der Waals surface area contributed by atoms with Crippen LogP contribution < -0.4 is 5.32 Å². The molecule has 4 N–H and O–H groups in total. The number of hydrogen-bond donors (Lipinski definition) is 4. The standard InChI is InChI=1S/C12H17NO3/c1-7(13-8-4-10(15)5-8)11-3-2-9(14)6-12(11)16/h2-3,6-8,10,13-16H,4-5H2,1H3. The van der Waals surface area contributed by atoms with Crippen LogP contribution in [0.25, 0.3) is 0 Å². The number of phenolic OH excluding ortho intramolecular Hbond substituents is 2. The summed E-state index contributed by atoms with van der Waals surface area (Å²) in [6.07, 6.45) is 1.35. The third kappa shape index (κ3) is 2.28. The van der Waals surface area contributed by atoms with Gasteiger partial charge < -0.3 is 20.6 Å². The van der Waals surface area contributed by atoms with Gasteiger partial charge in [0.25, 0.3) is 0 Å². The summed E-state index contributed by atoms with van der Waals surface area (Å²) in [5, 5.41) is 31.3. The largest absolute Gasteiger partial charge is 0.508 e. The van der Waals surface area contributed by atoms with Crippen molar-refractivity contribution in [3.8, 4) is 11.5 Å². The van der Waals surface area contributed by atoms with Gasteiger partial charge in [-0.15, -0.1) is 0 Å². The van der Waals surface area contributed by atoms with Gasteiger partial charge in [0, 0.05) is 23.7 Å². The summed E-state index contributed by atoms with van der Waals surface area (Å²) in [6.45, 7) is 1.96. The number of aliphatic hydroxyl groups is 1. The molecule has 0 aliphatic heterocycles. The molecule has 2 rings (SSSR count). The molecule has 0 aromatic heterocycles. The van der Waals surface area contributed by atoms with Crippen LogP contribution in [0.15, 0.2) is 18.2 Å². The average Bonchev–Trinajstić information content (AvgIpc) is 2.15. The first-order valence-electron chi connectivity index (χ1n) is 5.52. The third-order valence-electron chi connectivity index (χ3n) is 3.08. The average molecular weight is 223 g/mol. The smallest absolute Gasteiger partial charge is 0.124 e. The van der Waals surface area contributed by atoms with Gasteiger partial charge in [0.2, 0.25) is 0 Å². The van der Waals surface area contributed by atoms with E-state index in [1.165, 1.54) is 6.07 Å². The van der Waals surface area contributed by atoms with Gasteiger partial charge in [-0.3, -0.25) is 0 Å². The summed E-state index contributed by atoms with van der Waals surface area (Å²) in [7, 11) is 0. The van der Waals surface area contributed by atoms with Gasteiger partial charge in [-0.05, 0) is 25.8 Å². The van der Waals surface area contributed by atoms with Crippen molar-refractivity contribution >= 4 is 0 Å². The number of aromatic hydroxyl groups is 2. The van der Waals surface area contributed by atoms with E-state index in [1.54, 1.807) is 12.1 Å². The highest BCUT2D eigenvalue weighted by molar-refractivity contribution is 5.40. The van der Waals surface area contributed by atoms with Crippen LogP contribution in [0.3, 0.4) is 0 Å². The minimum absolute atomic E-state index is 0.0121. The number of rotatable bonds is 3. The van der Waals surface area contributed by atoms with Crippen molar-refractivity contribution < 1.29 is 15.3 Å². The first-order chi connectivity index (χ1) is 7.56. The van der Waals surface area contributed by atoms with E-state index in [1.807, 2.05) is 6.92 Å². The second-order valence-corrected chi connectivity index (χ2v) is 4.45. The van der Waals surface area contributed by atoms with Crippen LogP contribution in [-0.4, -0.2) is 27.5 Å². The van der Waals surface area contributed by atoms with Crippen molar-refractivity contribution in [2.45, 2.75) is 38.0 Å². The Kier molecular flexibility index (Phi) is 3.03. The molecule has 1 saturated carbocycles. The maximum absolute atomic E-state index is 9.67. The summed E-state index contributed by atoms with van der Waals surface area (Å²) >= 11 is 0. The molecule has 1 aromatic carbocycles. The van der Waals surface area contributed by atoms with Gasteiger partial charge in [-0.2, -0.15) is 0 Å². The van der Waals surface area contributed by atoms with Crippen LogP contribution in [0.4, 0.5) is 0 Å². The lowest BCUT2D eigenvalue weighted by atomic mass is 9.88. The molecule has 0 amide bonds. The summed E-state index contributed by atoms with van der Waals surface area (Å²) < 4.78 is 0. The number of benzene rings is 1. The van der Waals surface area contributed by atoms with Crippen LogP contribution in [0, 0.1) is 0 Å². The van der Waals surface area contributed by atoms with Crippen LogP contribution in [-0.2, 0) is 0 Å². The molecule has 0 spiro atoms. The fourth-order valence-corrected chi connectivity index (χ4v) is 2.07. The van der Waals surface area contributed by atoms with E-state index >= 15 is 0 Å². The molecule has 1 aromatic rings. The Morgan fingerprint density at radius 3 is 2.56 bits per heavy atom. The molecule has 1 atom stereocenters. The monoisotopic (exact) mass is 223 g/mol. The predicted octanol–water partition coefficient (Wildman–Crippen LogP) is 1.27. The summed E-state index contributed by atoms with van der Waals surface area (Å²) in [4.78, 5) is 0. The predicted molar refractivity (Wildman–Crippen MR) is 60.4 cm³/mol. The molecular weight excluding hydrogens is 206 g/mol. The maximum Gasteiger partial charge on any atom is 0.124 e. The Morgan fingerprint density at radius 2 is 2.00 bits per heavy atom. The van der Waals surface area contributed by atoms with Crippen LogP contribution in [0.5, 0.6) is 11.5 Å². The molecule has 4 nitrogen and oxygen atoms in total. The molecule has 88 valence electrons. The Balaban J connectivity index is 2.00. The van der Waals surface area contributed by atoms with Crippen LogP contribution in [0.1, 0.15) is 31.4 Å². The van der Waals surface area contributed by atoms with Crippen LogP contribution >= 0.6 is 0 Å². The van der Waals surface area contributed by atoms with E-state index in [-0.39, 0.29) is 23.6 Å². The molecule has 1 fully saturated rings. The van der Waals surface area contributed by atoms with Gasteiger partial charge in [0.1, 0.15) is 11.5 Å². The highest BCUT2D eigenvalue weighted by atomic mass is 16.3. The van der Waals surface area contributed by atoms with E-state index < -0.39 is 0 Å². The fraction of sp³-hybridized carbons (Fsp3) is 0.500. The van der Waals surface area contributed by atoms with Gasteiger partial charge in [0.15, 0.2) is 0 Å². The van der Waals surface area contributed by atoms with Crippen molar-refractivity contribution in [2.75, 3.05) is 0 Å². The lowest BCUT2D eigenvalue weighted by Crippen LogP contribution is -2.45. The lowest BCUT2D eigenvalue weighted by molar-refractivity contribution is 0.0585. The lowest BCUT2D eigenvalue weighted by Gasteiger charge is -2.34. The molecule has 1 aliphatic rings. The van der Waals surface area contributed by atoms with Crippen molar-refractivity contribution in [3.05, 3.63) is 23.8 Å². The van der Waals surface area contributed by atoms with Gasteiger partial charge in [-0.25, -0.2) is 0 Å². The molecule has 1 unspecified atom stereocenters. The molecule has 16 heavy (non-hydrogen) atoms. The Hall–Kier alpha value is -1.26. The molecule has 4 heteroatoms. The Labute approximate surface area is 94.5 Å². The normalized spacial score (nSPS) is 26.1. The molecule has 0 bridgehead atoms. The summed E-state index contributed by atoms with van der Waals surface area (Å²) in [5.74, 6) is 0.160. The molecule has 1 aliphatic carbocycles. The van der Waals surface area contributed by atoms with Gasteiger partial charge in [-0.1, -0.05) is 6.07 Å². The summed E-state index contributed by atoms with van der Waals surface area (Å²) in [6, 6.07) is 4.93. The molecule has 0 radical (unpaired) electrons. The first kappa shape index (κ1) is 11.2. The third-order valence-corrected chi connectivity index (χ3v) is 3.08. The SMILES string of the molecule is CC(NC1CC(O)C1)c1ccc(O)cc1O. The molecular formula is C12H17NO3. The zero-order chi connectivity index (χ0) is 11.7. The van der Waals surface area contributed by atoms with E-state index in [2.05, 4.69) is 5.32 Å². The second-order valence-electron chi connectivity index (χ2n) is 4.45. The van der Waals surface area contributed by atoms with Crippen molar-refractivity contribution in [1.29, 1.82) is 0 Å². The minimum atomic E-state index is -0.182. The number of phenols is 2. The second kappa shape index (κ2) is 4.31. The van der Waals surface area contributed by atoms with Crippen molar-refractivity contribution in [2.24, 2.45) is 0 Å². The van der Waals surface area contributed by atoms with E-state index in [0.29, 0.717) is 6.04 Å². The fourth-order valence-electron chi connectivity index (χ4n) is 2.07. The highest BCUT2D eigenvalue weighted by Gasteiger charge is 2.28. The Bertz CT molecular complexity index is 375. The first-order valence-corrected chi connectivity index (χ1v) is 5.52. The molecule has 0 heterocycles. The van der Waals surface area contributed by atoms with Crippen LogP contribution in [0.2, 0.25) is 0 Å². The van der Waals surface area contributed by atoms with E-state index in [9.17, 15) is 15.3 Å². The number of hydrogen-bond acceptors (Lipinski definition) is 4. The maximum atomic E-state index is 9.67. The van der Waals surface area contributed by atoms with Gasteiger partial charge >= 0.3 is 0 Å². The van der Waals surface area contributed by atoms with Gasteiger partial charge in [0.05, 0.1) is 6.10 Å². The molecule has 0 saturated heterocycles.